The van der Waals surface area contributed by atoms with Crippen LogP contribution in [0, 0.1) is 17.2 Å². The SMILES string of the molecule is CC(C)CC1=C(c2cccc(C#N)c2)C(=O)CC1. The van der Waals surface area contributed by atoms with Crippen molar-refractivity contribution in [2.75, 3.05) is 0 Å². The van der Waals surface area contributed by atoms with E-state index in [2.05, 4.69) is 19.9 Å². The average Bonchev–Trinajstić information content (AvgIpc) is 2.70. The third-order valence-corrected chi connectivity index (χ3v) is 3.22. The van der Waals surface area contributed by atoms with Crippen LogP contribution in [0.5, 0.6) is 0 Å². The van der Waals surface area contributed by atoms with Crippen molar-refractivity contribution in [3.63, 3.8) is 0 Å². The largest absolute Gasteiger partial charge is 0.294 e. The number of nitriles is 1. The van der Waals surface area contributed by atoms with Crippen molar-refractivity contribution in [3.05, 3.63) is 41.0 Å². The second kappa shape index (κ2) is 5.18. The van der Waals surface area contributed by atoms with Gasteiger partial charge in [0, 0.05) is 12.0 Å². The molecule has 2 nitrogen and oxygen atoms in total. The Labute approximate surface area is 108 Å². The molecule has 18 heavy (non-hydrogen) atoms. The van der Waals surface area contributed by atoms with Gasteiger partial charge in [-0.3, -0.25) is 4.79 Å². The van der Waals surface area contributed by atoms with Gasteiger partial charge in [0.1, 0.15) is 0 Å². The first kappa shape index (κ1) is 12.6. The highest BCUT2D eigenvalue weighted by Crippen LogP contribution is 2.34. The highest BCUT2D eigenvalue weighted by molar-refractivity contribution is 6.23. The van der Waals surface area contributed by atoms with E-state index in [4.69, 9.17) is 5.26 Å². The summed E-state index contributed by atoms with van der Waals surface area (Å²) < 4.78 is 0. The summed E-state index contributed by atoms with van der Waals surface area (Å²) in [6, 6.07) is 9.49. The lowest BCUT2D eigenvalue weighted by molar-refractivity contribution is -0.113. The number of rotatable bonds is 3. The van der Waals surface area contributed by atoms with Gasteiger partial charge < -0.3 is 0 Å². The molecule has 0 amide bonds. The van der Waals surface area contributed by atoms with Crippen molar-refractivity contribution in [3.8, 4) is 6.07 Å². The minimum Gasteiger partial charge on any atom is -0.294 e. The Kier molecular flexibility index (Phi) is 3.62. The maximum atomic E-state index is 12.0. The van der Waals surface area contributed by atoms with Crippen LogP contribution in [0.2, 0.25) is 0 Å². The van der Waals surface area contributed by atoms with E-state index < -0.39 is 0 Å². The number of carbonyl (C=O) groups is 1. The van der Waals surface area contributed by atoms with E-state index >= 15 is 0 Å². The van der Waals surface area contributed by atoms with Crippen molar-refractivity contribution >= 4 is 11.4 Å². The van der Waals surface area contributed by atoms with Crippen LogP contribution in [-0.4, -0.2) is 5.78 Å². The molecule has 0 unspecified atom stereocenters. The summed E-state index contributed by atoms with van der Waals surface area (Å²) in [6.07, 6.45) is 2.47. The van der Waals surface area contributed by atoms with Crippen LogP contribution in [0.3, 0.4) is 0 Å². The second-order valence-electron chi connectivity index (χ2n) is 5.19. The molecule has 0 spiro atoms. The zero-order valence-electron chi connectivity index (χ0n) is 10.9. The van der Waals surface area contributed by atoms with Crippen LogP contribution in [0.4, 0.5) is 0 Å². The number of nitrogens with zero attached hydrogens (tertiary/aromatic N) is 1. The van der Waals surface area contributed by atoms with Crippen molar-refractivity contribution in [2.45, 2.75) is 33.1 Å². The van der Waals surface area contributed by atoms with E-state index in [1.54, 1.807) is 6.07 Å². The average molecular weight is 239 g/mol. The Balaban J connectivity index is 2.44. The van der Waals surface area contributed by atoms with Crippen molar-refractivity contribution in [1.82, 2.24) is 0 Å². The highest BCUT2D eigenvalue weighted by atomic mass is 16.1. The summed E-state index contributed by atoms with van der Waals surface area (Å²) in [4.78, 5) is 12.0. The first-order chi connectivity index (χ1) is 8.61. The van der Waals surface area contributed by atoms with E-state index in [9.17, 15) is 4.79 Å². The molecule has 2 heteroatoms. The summed E-state index contributed by atoms with van der Waals surface area (Å²) in [6.45, 7) is 4.33. The standard InChI is InChI=1S/C16H17NO/c1-11(2)8-14-6-7-15(18)16(14)13-5-3-4-12(9-13)10-17/h3-5,9,11H,6-8H2,1-2H3. The van der Waals surface area contributed by atoms with E-state index in [0.29, 0.717) is 17.9 Å². The van der Waals surface area contributed by atoms with Crippen LogP contribution < -0.4 is 0 Å². The predicted molar refractivity (Wildman–Crippen MR) is 71.8 cm³/mol. The molecule has 1 aromatic carbocycles. The minimum atomic E-state index is 0.223. The fourth-order valence-electron chi connectivity index (χ4n) is 2.52. The predicted octanol–water partition coefficient (Wildman–Crippen LogP) is 3.72. The lowest BCUT2D eigenvalue weighted by atomic mass is 9.95. The van der Waals surface area contributed by atoms with Gasteiger partial charge >= 0.3 is 0 Å². The zero-order chi connectivity index (χ0) is 13.1. The number of benzene rings is 1. The molecular weight excluding hydrogens is 222 g/mol. The normalized spacial score (nSPS) is 15.3. The summed E-state index contributed by atoms with van der Waals surface area (Å²) in [5.74, 6) is 0.779. The fraction of sp³-hybridized carbons (Fsp3) is 0.375. The van der Waals surface area contributed by atoms with Crippen molar-refractivity contribution in [1.29, 1.82) is 5.26 Å². The molecule has 92 valence electrons. The van der Waals surface area contributed by atoms with Gasteiger partial charge in [0.2, 0.25) is 0 Å². The molecular formula is C16H17NO. The van der Waals surface area contributed by atoms with Gasteiger partial charge in [-0.05, 0) is 36.5 Å². The molecule has 2 rings (SSSR count). The number of hydrogen-bond donors (Lipinski definition) is 0. The van der Waals surface area contributed by atoms with E-state index in [-0.39, 0.29) is 5.78 Å². The smallest absolute Gasteiger partial charge is 0.163 e. The van der Waals surface area contributed by atoms with Crippen LogP contribution in [0.1, 0.15) is 44.2 Å². The first-order valence-electron chi connectivity index (χ1n) is 6.37. The number of Topliss-reactive ketones (excluding diaryl/α,β-unsaturated/α-hetero) is 1. The topological polar surface area (TPSA) is 40.9 Å². The van der Waals surface area contributed by atoms with Crippen molar-refractivity contribution < 1.29 is 4.79 Å². The van der Waals surface area contributed by atoms with Crippen LogP contribution in [0.15, 0.2) is 29.8 Å². The molecule has 1 aliphatic rings. The quantitative estimate of drug-likeness (QED) is 0.806. The molecule has 1 aromatic rings. The molecule has 0 aliphatic heterocycles. The van der Waals surface area contributed by atoms with Gasteiger partial charge in [0.15, 0.2) is 5.78 Å². The fourth-order valence-corrected chi connectivity index (χ4v) is 2.52. The monoisotopic (exact) mass is 239 g/mol. The summed E-state index contributed by atoms with van der Waals surface area (Å²) in [7, 11) is 0. The van der Waals surface area contributed by atoms with Crippen LogP contribution in [-0.2, 0) is 4.79 Å². The summed E-state index contributed by atoms with van der Waals surface area (Å²) >= 11 is 0. The van der Waals surface area contributed by atoms with Crippen LogP contribution in [0.25, 0.3) is 5.57 Å². The van der Waals surface area contributed by atoms with Gasteiger partial charge in [-0.15, -0.1) is 0 Å². The molecule has 0 aromatic heterocycles. The maximum Gasteiger partial charge on any atom is 0.163 e. The second-order valence-corrected chi connectivity index (χ2v) is 5.19. The molecule has 0 bridgehead atoms. The van der Waals surface area contributed by atoms with Gasteiger partial charge in [-0.25, -0.2) is 0 Å². The number of carbonyl (C=O) groups excluding carboxylic acids is 1. The van der Waals surface area contributed by atoms with Crippen molar-refractivity contribution in [2.24, 2.45) is 5.92 Å². The van der Waals surface area contributed by atoms with Gasteiger partial charge in [0.05, 0.1) is 11.6 Å². The van der Waals surface area contributed by atoms with Crippen LogP contribution >= 0.6 is 0 Å². The van der Waals surface area contributed by atoms with E-state index in [1.165, 1.54) is 5.57 Å². The number of allylic oxidation sites excluding steroid dienone is 2. The number of ketones is 1. The Morgan fingerprint density at radius 3 is 2.78 bits per heavy atom. The molecule has 0 radical (unpaired) electrons. The summed E-state index contributed by atoms with van der Waals surface area (Å²) in [5, 5.41) is 8.93. The third-order valence-electron chi connectivity index (χ3n) is 3.22. The maximum absolute atomic E-state index is 12.0. The first-order valence-corrected chi connectivity index (χ1v) is 6.37. The highest BCUT2D eigenvalue weighted by Gasteiger charge is 2.24. The minimum absolute atomic E-state index is 0.223. The lowest BCUT2D eigenvalue weighted by Crippen LogP contribution is -1.98. The Hall–Kier alpha value is -1.88. The molecule has 0 heterocycles. The molecule has 0 fully saturated rings. The Bertz CT molecular complexity index is 546. The van der Waals surface area contributed by atoms with E-state index in [1.807, 2.05) is 18.2 Å². The molecule has 0 saturated heterocycles. The Morgan fingerprint density at radius 2 is 2.11 bits per heavy atom. The van der Waals surface area contributed by atoms with Gasteiger partial charge in [-0.2, -0.15) is 5.26 Å². The number of hydrogen-bond acceptors (Lipinski definition) is 2. The molecule has 0 N–H and O–H groups in total. The molecule has 1 aliphatic carbocycles. The van der Waals surface area contributed by atoms with Gasteiger partial charge in [0.25, 0.3) is 0 Å². The van der Waals surface area contributed by atoms with Gasteiger partial charge in [-0.1, -0.05) is 31.6 Å². The molecule has 0 atom stereocenters. The third kappa shape index (κ3) is 2.51. The zero-order valence-corrected chi connectivity index (χ0v) is 10.9. The summed E-state index contributed by atoms with van der Waals surface area (Å²) in [5.41, 5.74) is 3.64. The van der Waals surface area contributed by atoms with E-state index in [0.717, 1.165) is 24.0 Å². The molecule has 0 saturated carbocycles. The Morgan fingerprint density at radius 1 is 1.33 bits per heavy atom. The lowest BCUT2D eigenvalue weighted by Gasteiger charge is -2.09.